The number of aryl methyl sites for hydroxylation is 1. The van der Waals surface area contributed by atoms with Gasteiger partial charge in [0.15, 0.2) is 6.10 Å². The maximum Gasteiger partial charge on any atom is 0.263 e. The van der Waals surface area contributed by atoms with Crippen LogP contribution in [0.25, 0.3) is 0 Å². The lowest BCUT2D eigenvalue weighted by Crippen LogP contribution is -2.50. The van der Waals surface area contributed by atoms with E-state index < -0.39 is 16.1 Å². The normalized spacial score (nSPS) is 16.7. The second kappa shape index (κ2) is 6.76. The summed E-state index contributed by atoms with van der Waals surface area (Å²) in [5, 5.41) is 2.83. The first-order valence-corrected chi connectivity index (χ1v) is 9.76. The molecule has 1 amide bonds. The number of amides is 1. The van der Waals surface area contributed by atoms with Gasteiger partial charge in [-0.25, -0.2) is 8.42 Å². The molecule has 0 spiro atoms. The van der Waals surface area contributed by atoms with Crippen LogP contribution < -0.4 is 14.4 Å². The van der Waals surface area contributed by atoms with Crippen LogP contribution in [-0.2, 0) is 21.4 Å². The molecule has 0 aromatic heterocycles. The number of carbonyl (C=O) groups is 1. The van der Waals surface area contributed by atoms with E-state index in [-0.39, 0.29) is 12.5 Å². The molecule has 2 aromatic rings. The van der Waals surface area contributed by atoms with Gasteiger partial charge < -0.3 is 10.1 Å². The second-order valence-corrected chi connectivity index (χ2v) is 7.92. The highest BCUT2D eigenvalue weighted by Gasteiger charge is 2.34. The average molecular weight is 360 g/mol. The van der Waals surface area contributed by atoms with Gasteiger partial charge in [-0.2, -0.15) is 0 Å². The highest BCUT2D eigenvalue weighted by Crippen LogP contribution is 2.34. The zero-order valence-corrected chi connectivity index (χ0v) is 14.9. The van der Waals surface area contributed by atoms with Crippen LogP contribution in [0.5, 0.6) is 5.75 Å². The van der Waals surface area contributed by atoms with E-state index in [9.17, 15) is 13.2 Å². The van der Waals surface area contributed by atoms with Crippen LogP contribution in [0.4, 0.5) is 5.69 Å². The predicted molar refractivity (Wildman–Crippen MR) is 96.1 cm³/mol. The zero-order chi connectivity index (χ0) is 18.0. The molecule has 0 aliphatic carbocycles. The van der Waals surface area contributed by atoms with Crippen molar-refractivity contribution in [3.63, 3.8) is 0 Å². The minimum atomic E-state index is -3.51. The van der Waals surface area contributed by atoms with Crippen molar-refractivity contribution in [1.29, 1.82) is 0 Å². The zero-order valence-electron chi connectivity index (χ0n) is 14.1. The number of carbonyl (C=O) groups excluding carboxylic acids is 1. The number of ether oxygens (including phenoxy) is 1. The van der Waals surface area contributed by atoms with Crippen LogP contribution in [0.3, 0.4) is 0 Å². The number of rotatable bonds is 4. The third-order valence-corrected chi connectivity index (χ3v) is 5.29. The summed E-state index contributed by atoms with van der Waals surface area (Å²) >= 11 is 0. The van der Waals surface area contributed by atoms with Crippen molar-refractivity contribution in [1.82, 2.24) is 5.32 Å². The highest BCUT2D eigenvalue weighted by molar-refractivity contribution is 7.92. The summed E-state index contributed by atoms with van der Waals surface area (Å²) in [7, 11) is -3.51. The fraction of sp³-hybridized carbons (Fsp3) is 0.278. The Bertz CT molecular complexity index is 895. The van der Waals surface area contributed by atoms with Crippen molar-refractivity contribution in [2.75, 3.05) is 17.1 Å². The maximum absolute atomic E-state index is 12.5. The van der Waals surface area contributed by atoms with Crippen LogP contribution in [0.15, 0.2) is 48.5 Å². The Morgan fingerprint density at radius 3 is 2.60 bits per heavy atom. The topological polar surface area (TPSA) is 75.7 Å². The first-order chi connectivity index (χ1) is 11.9. The second-order valence-electron chi connectivity index (χ2n) is 6.01. The number of para-hydroxylation sites is 2. The Balaban J connectivity index is 1.77. The molecular weight excluding hydrogens is 340 g/mol. The lowest BCUT2D eigenvalue weighted by atomic mass is 10.1. The molecule has 7 heteroatoms. The van der Waals surface area contributed by atoms with Crippen LogP contribution in [0.2, 0.25) is 0 Å². The van der Waals surface area contributed by atoms with Crippen molar-refractivity contribution in [2.24, 2.45) is 0 Å². The fourth-order valence-corrected chi connectivity index (χ4v) is 3.67. The van der Waals surface area contributed by atoms with E-state index >= 15 is 0 Å². The van der Waals surface area contributed by atoms with E-state index in [0.717, 1.165) is 17.4 Å². The lowest BCUT2D eigenvalue weighted by molar-refractivity contribution is -0.127. The molecule has 0 fully saturated rings. The van der Waals surface area contributed by atoms with Gasteiger partial charge >= 0.3 is 0 Å². The predicted octanol–water partition coefficient (Wildman–Crippen LogP) is 1.84. The summed E-state index contributed by atoms with van der Waals surface area (Å²) in [5.74, 6) is 0.0432. The summed E-state index contributed by atoms with van der Waals surface area (Å²) in [5.41, 5.74) is 2.54. The number of nitrogens with zero attached hydrogens (tertiary/aromatic N) is 1. The molecule has 2 aromatic carbocycles. The summed E-state index contributed by atoms with van der Waals surface area (Å²) in [6, 6.07) is 14.6. The number of hydrogen-bond acceptors (Lipinski definition) is 4. The van der Waals surface area contributed by atoms with Gasteiger partial charge in [-0.1, -0.05) is 36.4 Å². The van der Waals surface area contributed by atoms with E-state index in [1.165, 1.54) is 4.31 Å². The molecule has 1 N–H and O–H groups in total. The van der Waals surface area contributed by atoms with Crippen LogP contribution in [0, 0.1) is 6.92 Å². The lowest BCUT2D eigenvalue weighted by Gasteiger charge is -2.33. The standard InChI is InChI=1S/C18H20N2O4S/c1-13-7-3-4-8-14(13)11-19-18(21)17-12-20(25(2,22)23)15-9-5-6-10-16(15)24-17/h3-10,17H,11-12H2,1-2H3,(H,19,21)/t17-/m1/s1. The largest absolute Gasteiger partial charge is 0.476 e. The molecule has 1 aliphatic heterocycles. The molecular formula is C18H20N2O4S. The van der Waals surface area contributed by atoms with Gasteiger partial charge in [-0.05, 0) is 30.2 Å². The Labute approximate surface area is 147 Å². The van der Waals surface area contributed by atoms with Gasteiger partial charge in [0.05, 0.1) is 18.5 Å². The summed E-state index contributed by atoms with van der Waals surface area (Å²) in [6.07, 6.45) is 0.228. The number of fused-ring (bicyclic) bond motifs is 1. The van der Waals surface area contributed by atoms with Gasteiger partial charge in [0, 0.05) is 6.54 Å². The van der Waals surface area contributed by atoms with Gasteiger partial charge in [-0.3, -0.25) is 9.10 Å². The minimum Gasteiger partial charge on any atom is -0.476 e. The highest BCUT2D eigenvalue weighted by atomic mass is 32.2. The van der Waals surface area contributed by atoms with E-state index in [1.807, 2.05) is 31.2 Å². The number of sulfonamides is 1. The molecule has 6 nitrogen and oxygen atoms in total. The van der Waals surface area contributed by atoms with Crippen molar-refractivity contribution in [3.05, 3.63) is 59.7 Å². The number of benzene rings is 2. The van der Waals surface area contributed by atoms with Crippen LogP contribution in [-0.4, -0.2) is 33.2 Å². The smallest absolute Gasteiger partial charge is 0.263 e. The van der Waals surface area contributed by atoms with Gasteiger partial charge in [-0.15, -0.1) is 0 Å². The SMILES string of the molecule is Cc1ccccc1CNC(=O)[C@H]1CN(S(C)(=O)=O)c2ccccc2O1. The van der Waals surface area contributed by atoms with E-state index in [4.69, 9.17) is 4.74 Å². The molecule has 1 heterocycles. The molecule has 0 radical (unpaired) electrons. The first kappa shape index (κ1) is 17.3. The summed E-state index contributed by atoms with van der Waals surface area (Å²) in [4.78, 5) is 12.5. The molecule has 132 valence electrons. The summed E-state index contributed by atoms with van der Waals surface area (Å²) in [6.45, 7) is 2.29. The van der Waals surface area contributed by atoms with Crippen LogP contribution in [0.1, 0.15) is 11.1 Å². The molecule has 0 bridgehead atoms. The Morgan fingerprint density at radius 1 is 1.20 bits per heavy atom. The van der Waals surface area contributed by atoms with Crippen molar-refractivity contribution < 1.29 is 17.9 Å². The molecule has 0 unspecified atom stereocenters. The molecule has 1 aliphatic rings. The molecule has 1 atom stereocenters. The number of nitrogens with one attached hydrogen (secondary N) is 1. The van der Waals surface area contributed by atoms with Crippen LogP contribution >= 0.6 is 0 Å². The number of anilines is 1. The molecule has 3 rings (SSSR count). The maximum atomic E-state index is 12.5. The Kier molecular flexibility index (Phi) is 4.67. The Morgan fingerprint density at radius 2 is 1.88 bits per heavy atom. The summed E-state index contributed by atoms with van der Waals surface area (Å²) < 4.78 is 31.1. The van der Waals surface area contributed by atoms with Gasteiger partial charge in [0.1, 0.15) is 5.75 Å². The quantitative estimate of drug-likeness (QED) is 0.903. The van der Waals surface area contributed by atoms with E-state index in [2.05, 4.69) is 5.32 Å². The molecule has 25 heavy (non-hydrogen) atoms. The van der Waals surface area contributed by atoms with Gasteiger partial charge in [0.25, 0.3) is 5.91 Å². The molecule has 0 saturated heterocycles. The first-order valence-electron chi connectivity index (χ1n) is 7.92. The van der Waals surface area contributed by atoms with E-state index in [0.29, 0.717) is 18.0 Å². The van der Waals surface area contributed by atoms with Crippen molar-refractivity contribution >= 4 is 21.6 Å². The Hall–Kier alpha value is -2.54. The monoisotopic (exact) mass is 360 g/mol. The van der Waals surface area contributed by atoms with Gasteiger partial charge in [0.2, 0.25) is 10.0 Å². The fourth-order valence-electron chi connectivity index (χ4n) is 2.76. The van der Waals surface area contributed by atoms with E-state index in [1.54, 1.807) is 24.3 Å². The molecule has 0 saturated carbocycles. The van der Waals surface area contributed by atoms with Crippen molar-refractivity contribution in [3.8, 4) is 5.75 Å². The minimum absolute atomic E-state index is 0.0462. The third kappa shape index (κ3) is 3.76. The average Bonchev–Trinajstić information content (AvgIpc) is 2.59. The number of hydrogen-bond donors (Lipinski definition) is 1. The third-order valence-electron chi connectivity index (χ3n) is 4.14. The van der Waals surface area contributed by atoms with Crippen molar-refractivity contribution in [2.45, 2.75) is 19.6 Å².